The van der Waals surface area contributed by atoms with Gasteiger partial charge in [-0.25, -0.2) is 8.42 Å². The molecule has 0 bridgehead atoms. The Morgan fingerprint density at radius 1 is 1.53 bits per heavy atom. The van der Waals surface area contributed by atoms with E-state index in [1.165, 1.54) is 10.4 Å². The molecule has 0 aliphatic carbocycles. The predicted octanol–water partition coefficient (Wildman–Crippen LogP) is 1.17. The van der Waals surface area contributed by atoms with E-state index in [-0.39, 0.29) is 11.1 Å². The Morgan fingerprint density at radius 2 is 2.29 bits per heavy atom. The monoisotopic (exact) mass is 258 g/mol. The minimum atomic E-state index is -3.45. The zero-order chi connectivity index (χ0) is 12.5. The van der Waals surface area contributed by atoms with Gasteiger partial charge in [0.05, 0.1) is 6.54 Å². The normalized spacial score (nSPS) is 22.1. The van der Waals surface area contributed by atoms with Crippen molar-refractivity contribution in [2.24, 2.45) is 0 Å². The Hall–Kier alpha value is -0.850. The molecule has 1 fully saturated rings. The fraction of sp³-hybridized carbons (Fsp3) is 0.636. The number of hydrogen-bond donors (Lipinski definition) is 1. The maximum absolute atomic E-state index is 12.3. The molecule has 0 amide bonds. The summed E-state index contributed by atoms with van der Waals surface area (Å²) in [7, 11) is -1.66. The van der Waals surface area contributed by atoms with Crippen molar-refractivity contribution in [1.82, 2.24) is 9.62 Å². The van der Waals surface area contributed by atoms with Crippen molar-refractivity contribution in [2.45, 2.75) is 37.4 Å². The molecule has 6 heteroatoms. The molecule has 2 rings (SSSR count). The maximum atomic E-state index is 12.3. The van der Waals surface area contributed by atoms with Gasteiger partial charge >= 0.3 is 0 Å². The fourth-order valence-electron chi connectivity index (χ4n) is 2.15. The summed E-state index contributed by atoms with van der Waals surface area (Å²) in [4.78, 5) is 0. The van der Waals surface area contributed by atoms with Crippen molar-refractivity contribution in [3.05, 3.63) is 17.9 Å². The van der Waals surface area contributed by atoms with Crippen LogP contribution in [-0.4, -0.2) is 32.4 Å². The predicted molar refractivity (Wildman–Crippen MR) is 64.1 cm³/mol. The Labute approximate surface area is 102 Å². The van der Waals surface area contributed by atoms with E-state index in [4.69, 9.17) is 4.42 Å². The molecule has 0 saturated carbocycles. The van der Waals surface area contributed by atoms with Crippen molar-refractivity contribution in [1.29, 1.82) is 0 Å². The molecule has 0 aromatic carbocycles. The first-order valence-corrected chi connectivity index (χ1v) is 7.25. The number of nitrogens with one attached hydrogen (secondary N) is 1. The Bertz CT molecular complexity index is 481. The van der Waals surface area contributed by atoms with Crippen LogP contribution < -0.4 is 5.32 Å². The first-order valence-electron chi connectivity index (χ1n) is 5.81. The van der Waals surface area contributed by atoms with E-state index >= 15 is 0 Å². The molecule has 1 aromatic heterocycles. The van der Waals surface area contributed by atoms with Crippen LogP contribution in [0.5, 0.6) is 0 Å². The van der Waals surface area contributed by atoms with Gasteiger partial charge in [0.1, 0.15) is 5.76 Å². The molecule has 1 unspecified atom stereocenters. The van der Waals surface area contributed by atoms with Crippen molar-refractivity contribution in [2.75, 3.05) is 13.6 Å². The van der Waals surface area contributed by atoms with Gasteiger partial charge in [-0.2, -0.15) is 4.31 Å². The van der Waals surface area contributed by atoms with Gasteiger partial charge in [-0.3, -0.25) is 0 Å². The smallest absolute Gasteiger partial charge is 0.276 e. The number of rotatable bonds is 4. The fourth-order valence-corrected chi connectivity index (χ4v) is 3.78. The van der Waals surface area contributed by atoms with Crippen LogP contribution in [0.2, 0.25) is 0 Å². The van der Waals surface area contributed by atoms with Crippen LogP contribution in [0.3, 0.4) is 0 Å². The summed E-state index contributed by atoms with van der Waals surface area (Å²) in [6.07, 6.45) is 1.84. The highest BCUT2D eigenvalue weighted by Gasteiger charge is 2.34. The standard InChI is InChI=1S/C11H18N2O3S/c1-9-4-3-7-13(9)17(14,15)11-6-5-10(16-11)8-12-2/h5-6,9,12H,3-4,7-8H2,1-2H3. The van der Waals surface area contributed by atoms with Crippen molar-refractivity contribution >= 4 is 10.0 Å². The molecule has 1 atom stereocenters. The molecule has 0 spiro atoms. The summed E-state index contributed by atoms with van der Waals surface area (Å²) >= 11 is 0. The van der Waals surface area contributed by atoms with E-state index in [1.54, 1.807) is 13.1 Å². The van der Waals surface area contributed by atoms with Crippen LogP contribution in [0.4, 0.5) is 0 Å². The van der Waals surface area contributed by atoms with Crippen LogP contribution in [0.15, 0.2) is 21.6 Å². The van der Waals surface area contributed by atoms with Crippen LogP contribution in [0.25, 0.3) is 0 Å². The zero-order valence-electron chi connectivity index (χ0n) is 10.1. The van der Waals surface area contributed by atoms with E-state index in [0.717, 1.165) is 12.8 Å². The summed E-state index contributed by atoms with van der Waals surface area (Å²) in [5.41, 5.74) is 0. The highest BCUT2D eigenvalue weighted by molar-refractivity contribution is 7.89. The Balaban J connectivity index is 2.24. The highest BCUT2D eigenvalue weighted by atomic mass is 32.2. The minimum Gasteiger partial charge on any atom is -0.447 e. The molecule has 5 nitrogen and oxygen atoms in total. The number of hydrogen-bond acceptors (Lipinski definition) is 4. The average molecular weight is 258 g/mol. The molecule has 1 saturated heterocycles. The third-order valence-electron chi connectivity index (χ3n) is 3.04. The summed E-state index contributed by atoms with van der Waals surface area (Å²) in [5, 5.41) is 2.98. The average Bonchev–Trinajstić information content (AvgIpc) is 2.87. The molecule has 1 aliphatic rings. The van der Waals surface area contributed by atoms with Crippen LogP contribution >= 0.6 is 0 Å². The van der Waals surface area contributed by atoms with Gasteiger partial charge in [0.2, 0.25) is 5.09 Å². The van der Waals surface area contributed by atoms with E-state index in [9.17, 15) is 8.42 Å². The van der Waals surface area contributed by atoms with Gasteiger partial charge in [0.25, 0.3) is 10.0 Å². The van der Waals surface area contributed by atoms with Crippen molar-refractivity contribution < 1.29 is 12.8 Å². The lowest BCUT2D eigenvalue weighted by molar-refractivity contribution is 0.362. The van der Waals surface area contributed by atoms with Crippen LogP contribution in [0, 0.1) is 0 Å². The summed E-state index contributed by atoms with van der Waals surface area (Å²) in [5.74, 6) is 0.637. The van der Waals surface area contributed by atoms with Crippen molar-refractivity contribution in [3.63, 3.8) is 0 Å². The molecule has 2 heterocycles. The largest absolute Gasteiger partial charge is 0.447 e. The van der Waals surface area contributed by atoms with E-state index in [1.807, 2.05) is 6.92 Å². The van der Waals surface area contributed by atoms with Gasteiger partial charge in [-0.15, -0.1) is 0 Å². The summed E-state index contributed by atoms with van der Waals surface area (Å²) in [6.45, 7) is 3.05. The molecule has 1 aromatic rings. The second kappa shape index (κ2) is 4.80. The van der Waals surface area contributed by atoms with Crippen LogP contribution in [0.1, 0.15) is 25.5 Å². The number of furan rings is 1. The van der Waals surface area contributed by atoms with Crippen molar-refractivity contribution in [3.8, 4) is 0 Å². The topological polar surface area (TPSA) is 62.6 Å². The lowest BCUT2D eigenvalue weighted by Crippen LogP contribution is -2.33. The highest BCUT2D eigenvalue weighted by Crippen LogP contribution is 2.26. The second-order valence-corrected chi connectivity index (χ2v) is 6.18. The molecular weight excluding hydrogens is 240 g/mol. The van der Waals surface area contributed by atoms with E-state index in [2.05, 4.69) is 5.32 Å². The lowest BCUT2D eigenvalue weighted by Gasteiger charge is -2.18. The van der Waals surface area contributed by atoms with Gasteiger partial charge in [0, 0.05) is 12.6 Å². The SMILES string of the molecule is CNCc1ccc(S(=O)(=O)N2CCCC2C)o1. The minimum absolute atomic E-state index is 0.0523. The van der Waals surface area contributed by atoms with Gasteiger partial charge in [-0.1, -0.05) is 0 Å². The number of nitrogens with zero attached hydrogens (tertiary/aromatic N) is 1. The molecule has 0 radical (unpaired) electrons. The molecule has 96 valence electrons. The molecule has 17 heavy (non-hydrogen) atoms. The van der Waals surface area contributed by atoms with Crippen LogP contribution in [-0.2, 0) is 16.6 Å². The summed E-state index contributed by atoms with van der Waals surface area (Å²) in [6, 6.07) is 3.30. The first kappa shape index (κ1) is 12.6. The maximum Gasteiger partial charge on any atom is 0.276 e. The van der Waals surface area contributed by atoms with E-state index < -0.39 is 10.0 Å². The zero-order valence-corrected chi connectivity index (χ0v) is 11.0. The Kier molecular flexibility index (Phi) is 3.56. The second-order valence-electron chi connectivity index (χ2n) is 4.36. The third kappa shape index (κ3) is 2.38. The van der Waals surface area contributed by atoms with Gasteiger partial charge < -0.3 is 9.73 Å². The Morgan fingerprint density at radius 3 is 2.88 bits per heavy atom. The van der Waals surface area contributed by atoms with Gasteiger partial charge in [0.15, 0.2) is 0 Å². The van der Waals surface area contributed by atoms with E-state index in [0.29, 0.717) is 18.8 Å². The number of sulfonamides is 1. The first-order chi connectivity index (χ1) is 8.05. The summed E-state index contributed by atoms with van der Waals surface area (Å²) < 4.78 is 31.4. The third-order valence-corrected chi connectivity index (χ3v) is 4.93. The lowest BCUT2D eigenvalue weighted by atomic mass is 10.3. The molecular formula is C11H18N2O3S. The quantitative estimate of drug-likeness (QED) is 0.880. The molecule has 1 aliphatic heterocycles. The van der Waals surface area contributed by atoms with Gasteiger partial charge in [-0.05, 0) is 38.9 Å². The molecule has 1 N–H and O–H groups in total.